The predicted molar refractivity (Wildman–Crippen MR) is 71.1 cm³/mol. The van der Waals surface area contributed by atoms with E-state index in [1.54, 1.807) is 25.1 Å². The van der Waals surface area contributed by atoms with E-state index in [0.717, 1.165) is 5.69 Å². The van der Waals surface area contributed by atoms with Crippen molar-refractivity contribution in [1.29, 1.82) is 0 Å². The Hall–Kier alpha value is -2.23. The van der Waals surface area contributed by atoms with Crippen LogP contribution in [-0.2, 0) is 4.79 Å². The van der Waals surface area contributed by atoms with Crippen LogP contribution in [0.4, 0.5) is 10.1 Å². The van der Waals surface area contributed by atoms with Gasteiger partial charge in [0.25, 0.3) is 5.91 Å². The molecule has 4 heteroatoms. The van der Waals surface area contributed by atoms with Crippen LogP contribution in [0.3, 0.4) is 0 Å². The zero-order valence-electron chi connectivity index (χ0n) is 10.9. The highest BCUT2D eigenvalue weighted by atomic mass is 19.1. The molecule has 0 spiro atoms. The van der Waals surface area contributed by atoms with Gasteiger partial charge in [0, 0.05) is 26.0 Å². The van der Waals surface area contributed by atoms with Crippen LogP contribution in [0.25, 0.3) is 0 Å². The van der Waals surface area contributed by atoms with Crippen LogP contribution in [0.1, 0.15) is 18.7 Å². The SMILES string of the molecule is Cc1cccc[n+]1[C@H](C)C(=O)Nc1ccccc1F. The minimum absolute atomic E-state index is 0.202. The van der Waals surface area contributed by atoms with Crippen molar-refractivity contribution in [2.45, 2.75) is 19.9 Å². The Bertz CT molecular complexity index is 598. The Labute approximate surface area is 111 Å². The molecule has 1 heterocycles. The number of para-hydroxylation sites is 1. The summed E-state index contributed by atoms with van der Waals surface area (Å²) in [5, 5.41) is 2.60. The van der Waals surface area contributed by atoms with Gasteiger partial charge in [-0.2, -0.15) is 4.57 Å². The highest BCUT2D eigenvalue weighted by Gasteiger charge is 2.24. The number of hydrogen-bond acceptors (Lipinski definition) is 1. The Kier molecular flexibility index (Phi) is 3.90. The summed E-state index contributed by atoms with van der Waals surface area (Å²) in [7, 11) is 0. The fourth-order valence-corrected chi connectivity index (χ4v) is 1.90. The van der Waals surface area contributed by atoms with Crippen LogP contribution in [-0.4, -0.2) is 5.91 Å². The molecule has 3 nitrogen and oxygen atoms in total. The largest absolute Gasteiger partial charge is 0.318 e. The number of anilines is 1. The first kappa shape index (κ1) is 13.2. The molecule has 0 aliphatic heterocycles. The van der Waals surface area contributed by atoms with Gasteiger partial charge in [0.15, 0.2) is 11.9 Å². The monoisotopic (exact) mass is 259 g/mol. The van der Waals surface area contributed by atoms with Crippen molar-refractivity contribution in [1.82, 2.24) is 0 Å². The molecule has 1 amide bonds. The number of nitrogens with zero attached hydrogens (tertiary/aromatic N) is 1. The Balaban J connectivity index is 2.17. The number of nitrogens with one attached hydrogen (secondary N) is 1. The van der Waals surface area contributed by atoms with Gasteiger partial charge in [0.05, 0.1) is 5.69 Å². The van der Waals surface area contributed by atoms with E-state index in [9.17, 15) is 9.18 Å². The van der Waals surface area contributed by atoms with Crippen molar-refractivity contribution in [3.05, 3.63) is 60.2 Å². The van der Waals surface area contributed by atoms with Crippen LogP contribution in [0, 0.1) is 12.7 Å². The molecule has 2 aromatic rings. The van der Waals surface area contributed by atoms with Crippen LogP contribution >= 0.6 is 0 Å². The highest BCUT2D eigenvalue weighted by molar-refractivity contribution is 5.92. The summed E-state index contributed by atoms with van der Waals surface area (Å²) in [5.74, 6) is -0.678. The van der Waals surface area contributed by atoms with E-state index in [1.807, 2.05) is 35.9 Å². The molecule has 0 aliphatic rings. The fourth-order valence-electron chi connectivity index (χ4n) is 1.90. The first-order chi connectivity index (χ1) is 9.09. The molecule has 0 radical (unpaired) electrons. The summed E-state index contributed by atoms with van der Waals surface area (Å²) in [4.78, 5) is 12.1. The molecule has 0 aliphatic carbocycles. The predicted octanol–water partition coefficient (Wildman–Crippen LogP) is 2.62. The number of benzene rings is 1. The molecule has 0 fully saturated rings. The lowest BCUT2D eigenvalue weighted by Crippen LogP contribution is -2.46. The maximum Gasteiger partial charge on any atom is 0.293 e. The number of amides is 1. The smallest absolute Gasteiger partial charge is 0.293 e. The third-order valence-corrected chi connectivity index (χ3v) is 3.03. The van der Waals surface area contributed by atoms with E-state index >= 15 is 0 Å². The maximum absolute atomic E-state index is 13.5. The molecule has 2 rings (SSSR count). The maximum atomic E-state index is 13.5. The third kappa shape index (κ3) is 2.96. The summed E-state index contributed by atoms with van der Waals surface area (Å²) in [6, 6.07) is 11.4. The zero-order valence-corrected chi connectivity index (χ0v) is 10.9. The van der Waals surface area contributed by atoms with Gasteiger partial charge < -0.3 is 5.32 Å². The molecular formula is C15H16FN2O+. The van der Waals surface area contributed by atoms with Gasteiger partial charge in [-0.1, -0.05) is 18.2 Å². The quantitative estimate of drug-likeness (QED) is 0.844. The van der Waals surface area contributed by atoms with Crippen LogP contribution in [0.5, 0.6) is 0 Å². The van der Waals surface area contributed by atoms with E-state index in [4.69, 9.17) is 0 Å². The minimum atomic E-state index is -0.433. The number of pyridine rings is 1. The van der Waals surface area contributed by atoms with E-state index in [2.05, 4.69) is 5.32 Å². The minimum Gasteiger partial charge on any atom is -0.318 e. The molecule has 0 saturated heterocycles. The van der Waals surface area contributed by atoms with Crippen LogP contribution < -0.4 is 9.88 Å². The average molecular weight is 259 g/mol. The van der Waals surface area contributed by atoms with Crippen LogP contribution in [0.15, 0.2) is 48.7 Å². The molecular weight excluding hydrogens is 243 g/mol. The molecule has 98 valence electrons. The van der Waals surface area contributed by atoms with Crippen molar-refractivity contribution in [2.24, 2.45) is 0 Å². The first-order valence-electron chi connectivity index (χ1n) is 6.12. The Morgan fingerprint density at radius 2 is 1.89 bits per heavy atom. The third-order valence-electron chi connectivity index (χ3n) is 3.03. The van der Waals surface area contributed by atoms with Crippen molar-refractivity contribution in [3.63, 3.8) is 0 Å². The molecule has 1 atom stereocenters. The molecule has 0 saturated carbocycles. The number of hydrogen-bond donors (Lipinski definition) is 1. The summed E-state index contributed by atoms with van der Waals surface area (Å²) in [6.07, 6.45) is 1.83. The van der Waals surface area contributed by atoms with Crippen molar-refractivity contribution in [3.8, 4) is 0 Å². The normalized spacial score (nSPS) is 11.9. The second-order valence-electron chi connectivity index (χ2n) is 4.39. The standard InChI is InChI=1S/C15H15FN2O/c1-11-7-5-6-10-18(11)12(2)15(19)17-14-9-4-3-8-13(14)16/h3-10,12H,1-2H3/p+1/t12-/m1/s1. The van der Waals surface area contributed by atoms with Gasteiger partial charge in [-0.3, -0.25) is 4.79 Å². The van der Waals surface area contributed by atoms with Crippen molar-refractivity contribution in [2.75, 3.05) is 5.32 Å². The van der Waals surface area contributed by atoms with Gasteiger partial charge in [-0.15, -0.1) is 0 Å². The van der Waals surface area contributed by atoms with Crippen molar-refractivity contribution >= 4 is 11.6 Å². The molecule has 1 aromatic heterocycles. The lowest BCUT2D eigenvalue weighted by Gasteiger charge is -2.10. The highest BCUT2D eigenvalue weighted by Crippen LogP contribution is 2.13. The van der Waals surface area contributed by atoms with E-state index in [1.165, 1.54) is 6.07 Å². The molecule has 1 aromatic carbocycles. The van der Waals surface area contributed by atoms with Crippen molar-refractivity contribution < 1.29 is 13.8 Å². The summed E-state index contributed by atoms with van der Waals surface area (Å²) >= 11 is 0. The summed E-state index contributed by atoms with van der Waals surface area (Å²) in [6.45, 7) is 3.70. The number of halogens is 1. The molecule has 0 unspecified atom stereocenters. The van der Waals surface area contributed by atoms with Gasteiger partial charge in [-0.25, -0.2) is 4.39 Å². The second-order valence-corrected chi connectivity index (χ2v) is 4.39. The van der Waals surface area contributed by atoms with Gasteiger partial charge in [0.2, 0.25) is 6.04 Å². The number of carbonyl (C=O) groups is 1. The van der Waals surface area contributed by atoms with E-state index < -0.39 is 11.9 Å². The average Bonchev–Trinajstić information content (AvgIpc) is 2.41. The van der Waals surface area contributed by atoms with Gasteiger partial charge in [0.1, 0.15) is 5.82 Å². The Morgan fingerprint density at radius 3 is 2.58 bits per heavy atom. The second kappa shape index (κ2) is 5.61. The van der Waals surface area contributed by atoms with E-state index in [0.29, 0.717) is 0 Å². The lowest BCUT2D eigenvalue weighted by atomic mass is 10.2. The molecule has 0 bridgehead atoms. The fraction of sp³-hybridized carbons (Fsp3) is 0.200. The zero-order chi connectivity index (χ0) is 13.8. The van der Waals surface area contributed by atoms with Gasteiger partial charge >= 0.3 is 0 Å². The van der Waals surface area contributed by atoms with Gasteiger partial charge in [-0.05, 0) is 12.1 Å². The Morgan fingerprint density at radius 1 is 1.21 bits per heavy atom. The first-order valence-corrected chi connectivity index (χ1v) is 6.12. The summed E-state index contributed by atoms with van der Waals surface area (Å²) < 4.78 is 15.3. The number of aryl methyl sites for hydroxylation is 1. The van der Waals surface area contributed by atoms with Crippen LogP contribution in [0.2, 0.25) is 0 Å². The molecule has 19 heavy (non-hydrogen) atoms. The number of aromatic nitrogens is 1. The number of carbonyl (C=O) groups excluding carboxylic acids is 1. The molecule has 1 N–H and O–H groups in total. The summed E-state index contributed by atoms with van der Waals surface area (Å²) in [5.41, 5.74) is 1.17. The van der Waals surface area contributed by atoms with E-state index in [-0.39, 0.29) is 11.6 Å². The lowest BCUT2D eigenvalue weighted by molar-refractivity contribution is -0.711. The number of rotatable bonds is 3. The topological polar surface area (TPSA) is 33.0 Å².